The molecule has 0 radical (unpaired) electrons. The molecular formula is C20H15ClF6N2O2. The molecule has 0 spiro atoms. The van der Waals surface area contributed by atoms with Crippen LogP contribution in [-0.4, -0.2) is 24.9 Å². The summed E-state index contributed by atoms with van der Waals surface area (Å²) < 4.78 is 77.7. The molecule has 1 unspecified atom stereocenters. The highest BCUT2D eigenvalue weighted by Gasteiger charge is 2.38. The topological polar surface area (TPSA) is 49.4 Å². The van der Waals surface area contributed by atoms with Crippen molar-refractivity contribution in [2.45, 2.75) is 18.8 Å². The van der Waals surface area contributed by atoms with E-state index in [9.17, 15) is 35.9 Å². The largest absolute Gasteiger partial charge is 0.416 e. The Kier molecular flexibility index (Phi) is 6.22. The normalized spacial score (nSPS) is 17.2. The molecule has 1 saturated heterocycles. The van der Waals surface area contributed by atoms with E-state index in [2.05, 4.69) is 5.32 Å². The Balaban J connectivity index is 1.72. The van der Waals surface area contributed by atoms with Gasteiger partial charge in [-0.2, -0.15) is 26.3 Å². The third-order valence-electron chi connectivity index (χ3n) is 4.81. The van der Waals surface area contributed by atoms with Crippen molar-refractivity contribution in [1.82, 2.24) is 5.32 Å². The maximum atomic E-state index is 13.0. The zero-order chi connectivity index (χ0) is 23.0. The molecule has 0 saturated carbocycles. The lowest BCUT2D eigenvalue weighted by atomic mass is 10.0. The van der Waals surface area contributed by atoms with Crippen molar-refractivity contribution in [3.63, 3.8) is 0 Å². The fraction of sp³-hybridized carbons (Fsp3) is 0.300. The summed E-state index contributed by atoms with van der Waals surface area (Å²) in [6, 6.07) is 7.13. The maximum absolute atomic E-state index is 13.0. The van der Waals surface area contributed by atoms with Gasteiger partial charge in [0.1, 0.15) is 0 Å². The molecule has 11 heteroatoms. The van der Waals surface area contributed by atoms with Crippen LogP contribution >= 0.6 is 11.6 Å². The number of anilines is 1. The number of nitrogens with zero attached hydrogens (tertiary/aromatic N) is 1. The second-order valence-electron chi connectivity index (χ2n) is 6.96. The van der Waals surface area contributed by atoms with Crippen LogP contribution < -0.4 is 10.2 Å². The molecule has 0 aromatic heterocycles. The van der Waals surface area contributed by atoms with Gasteiger partial charge in [0.25, 0.3) is 5.91 Å². The predicted molar refractivity (Wildman–Crippen MR) is 101 cm³/mol. The third-order valence-corrected chi connectivity index (χ3v) is 5.07. The van der Waals surface area contributed by atoms with Crippen LogP contribution in [0.3, 0.4) is 0 Å². The van der Waals surface area contributed by atoms with Crippen molar-refractivity contribution in [3.8, 4) is 0 Å². The van der Waals surface area contributed by atoms with E-state index in [1.165, 1.54) is 4.90 Å². The fourth-order valence-electron chi connectivity index (χ4n) is 3.21. The van der Waals surface area contributed by atoms with E-state index in [1.54, 1.807) is 24.3 Å². The average molecular weight is 465 g/mol. The molecule has 1 fully saturated rings. The molecular weight excluding hydrogens is 450 g/mol. The highest BCUT2D eigenvalue weighted by atomic mass is 35.5. The maximum Gasteiger partial charge on any atom is 0.416 e. The van der Waals surface area contributed by atoms with Crippen molar-refractivity contribution in [2.75, 3.05) is 18.0 Å². The number of carbonyl (C=O) groups excluding carboxylic acids is 2. The first-order chi connectivity index (χ1) is 14.4. The van der Waals surface area contributed by atoms with Crippen LogP contribution in [0.15, 0.2) is 42.5 Å². The minimum atomic E-state index is -5.06. The van der Waals surface area contributed by atoms with Crippen molar-refractivity contribution in [2.24, 2.45) is 5.92 Å². The van der Waals surface area contributed by atoms with E-state index < -0.39 is 40.9 Å². The van der Waals surface area contributed by atoms with Gasteiger partial charge >= 0.3 is 12.4 Å². The molecule has 3 rings (SSSR count). The Bertz CT molecular complexity index is 956. The summed E-state index contributed by atoms with van der Waals surface area (Å²) in [5.41, 5.74) is -3.37. The van der Waals surface area contributed by atoms with E-state index in [4.69, 9.17) is 11.6 Å². The van der Waals surface area contributed by atoms with Crippen molar-refractivity contribution in [3.05, 3.63) is 64.2 Å². The first kappa shape index (κ1) is 22.9. The number of nitrogens with one attached hydrogen (secondary N) is 1. The number of hydrogen-bond donors (Lipinski definition) is 1. The smallest absolute Gasteiger partial charge is 0.351 e. The summed E-state index contributed by atoms with van der Waals surface area (Å²) >= 11 is 5.81. The molecule has 0 aliphatic carbocycles. The van der Waals surface area contributed by atoms with Gasteiger partial charge in [0.15, 0.2) is 0 Å². The predicted octanol–water partition coefficient (Wildman–Crippen LogP) is 5.16. The zero-order valence-electron chi connectivity index (χ0n) is 15.6. The van der Waals surface area contributed by atoms with E-state index in [1.807, 2.05) is 0 Å². The third kappa shape index (κ3) is 5.30. The van der Waals surface area contributed by atoms with Crippen LogP contribution in [0, 0.1) is 5.92 Å². The van der Waals surface area contributed by atoms with Crippen LogP contribution in [0.1, 0.15) is 27.9 Å². The summed E-state index contributed by atoms with van der Waals surface area (Å²) in [6.45, 7) is 0.127. The number of halogens is 7. The first-order valence-electron chi connectivity index (χ1n) is 9.01. The van der Waals surface area contributed by atoms with Gasteiger partial charge in [-0.15, -0.1) is 0 Å². The van der Waals surface area contributed by atoms with Gasteiger partial charge in [0.05, 0.1) is 17.0 Å². The molecule has 1 heterocycles. The average Bonchev–Trinajstić information content (AvgIpc) is 3.05. The molecule has 31 heavy (non-hydrogen) atoms. The van der Waals surface area contributed by atoms with Gasteiger partial charge in [-0.3, -0.25) is 9.59 Å². The van der Waals surface area contributed by atoms with E-state index in [0.29, 0.717) is 35.8 Å². The molecule has 1 aliphatic rings. The molecule has 1 aliphatic heterocycles. The second-order valence-corrected chi connectivity index (χ2v) is 7.39. The van der Waals surface area contributed by atoms with Crippen molar-refractivity contribution >= 4 is 29.1 Å². The van der Waals surface area contributed by atoms with Gasteiger partial charge in [0, 0.05) is 29.4 Å². The summed E-state index contributed by atoms with van der Waals surface area (Å²) in [4.78, 5) is 26.3. The van der Waals surface area contributed by atoms with E-state index >= 15 is 0 Å². The molecule has 2 aromatic rings. The lowest BCUT2D eigenvalue weighted by Crippen LogP contribution is -2.35. The quantitative estimate of drug-likeness (QED) is 0.635. The van der Waals surface area contributed by atoms with Gasteiger partial charge in [-0.25, -0.2) is 0 Å². The summed E-state index contributed by atoms with van der Waals surface area (Å²) in [5, 5.41) is 2.75. The van der Waals surface area contributed by atoms with Crippen molar-refractivity contribution < 1.29 is 35.9 Å². The monoisotopic (exact) mass is 464 g/mol. The molecule has 1 N–H and O–H groups in total. The van der Waals surface area contributed by atoms with Gasteiger partial charge < -0.3 is 10.2 Å². The number of carbonyl (C=O) groups is 2. The second kappa shape index (κ2) is 8.41. The highest BCUT2D eigenvalue weighted by Crippen LogP contribution is 2.36. The van der Waals surface area contributed by atoms with Crippen LogP contribution in [0.4, 0.5) is 32.0 Å². The zero-order valence-corrected chi connectivity index (χ0v) is 16.4. The van der Waals surface area contributed by atoms with Crippen LogP contribution in [0.25, 0.3) is 0 Å². The molecule has 0 bridgehead atoms. The van der Waals surface area contributed by atoms with Gasteiger partial charge in [-0.05, 0) is 48.9 Å². The molecule has 1 atom stereocenters. The van der Waals surface area contributed by atoms with Crippen LogP contribution in [-0.2, 0) is 17.1 Å². The number of hydrogen-bond acceptors (Lipinski definition) is 2. The minimum absolute atomic E-state index is 0.0543. The molecule has 2 amide bonds. The Hall–Kier alpha value is -2.75. The van der Waals surface area contributed by atoms with E-state index in [0.717, 1.165) is 0 Å². The minimum Gasteiger partial charge on any atom is -0.351 e. The van der Waals surface area contributed by atoms with Crippen molar-refractivity contribution in [1.29, 1.82) is 0 Å². The highest BCUT2D eigenvalue weighted by molar-refractivity contribution is 6.30. The Morgan fingerprint density at radius 3 is 2.06 bits per heavy atom. The molecule has 2 aromatic carbocycles. The summed E-state index contributed by atoms with van der Waals surface area (Å²) in [7, 11) is 0. The summed E-state index contributed by atoms with van der Waals surface area (Å²) in [5.74, 6) is -2.11. The summed E-state index contributed by atoms with van der Waals surface area (Å²) in [6.07, 6.45) is -9.76. The number of amides is 2. The standard InChI is InChI=1S/C20H15ClF6N2O2/c21-15-1-3-16(4-2-15)29-6-5-11(18(29)31)10-28-17(30)12-7-13(19(22,23)24)9-14(8-12)20(25,26)27/h1-4,7-9,11H,5-6,10H2,(H,28,30). The Morgan fingerprint density at radius 2 is 1.55 bits per heavy atom. The van der Waals surface area contributed by atoms with Gasteiger partial charge in [0.2, 0.25) is 5.91 Å². The first-order valence-corrected chi connectivity index (χ1v) is 9.38. The van der Waals surface area contributed by atoms with E-state index in [-0.39, 0.29) is 18.5 Å². The van der Waals surface area contributed by atoms with Gasteiger partial charge in [-0.1, -0.05) is 11.6 Å². The van der Waals surface area contributed by atoms with Crippen LogP contribution in [0.2, 0.25) is 5.02 Å². The molecule has 166 valence electrons. The Labute approximate surface area is 177 Å². The van der Waals surface area contributed by atoms with Crippen LogP contribution in [0.5, 0.6) is 0 Å². The fourth-order valence-corrected chi connectivity index (χ4v) is 3.34. The molecule has 4 nitrogen and oxygen atoms in total. The SMILES string of the molecule is O=C(NCC1CCN(c2ccc(Cl)cc2)C1=O)c1cc(C(F)(F)F)cc(C(F)(F)F)c1. The lowest BCUT2D eigenvalue weighted by Gasteiger charge is -2.17. The Morgan fingerprint density at radius 1 is 1.00 bits per heavy atom. The number of alkyl halides is 6. The number of rotatable bonds is 4. The number of benzene rings is 2. The lowest BCUT2D eigenvalue weighted by molar-refractivity contribution is -0.143.